The number of rotatable bonds is 4. The van der Waals surface area contributed by atoms with Crippen LogP contribution >= 0.6 is 7.14 Å². The Balaban J connectivity index is 3.55. The molecule has 0 radical (unpaired) electrons. The molecular formula is C7H15O3P. The molecule has 0 aliphatic heterocycles. The first-order chi connectivity index (χ1) is 4.95. The SMILES string of the molecule is CCOC(=O)CCP(C)(C)=O. The van der Waals surface area contributed by atoms with Crippen LogP contribution in [0.5, 0.6) is 0 Å². The third-order valence-corrected chi connectivity index (χ3v) is 2.46. The van der Waals surface area contributed by atoms with Gasteiger partial charge >= 0.3 is 5.97 Å². The molecule has 0 atom stereocenters. The van der Waals surface area contributed by atoms with Gasteiger partial charge in [-0.15, -0.1) is 0 Å². The van der Waals surface area contributed by atoms with E-state index in [0.717, 1.165) is 0 Å². The Bertz CT molecular complexity index is 171. The van der Waals surface area contributed by atoms with Crippen molar-refractivity contribution in [2.75, 3.05) is 26.1 Å². The van der Waals surface area contributed by atoms with Crippen molar-refractivity contribution in [1.29, 1.82) is 0 Å². The Morgan fingerprint density at radius 2 is 2.00 bits per heavy atom. The first kappa shape index (κ1) is 10.7. The molecule has 0 aliphatic carbocycles. The number of hydrogen-bond donors (Lipinski definition) is 0. The molecule has 0 saturated heterocycles. The second-order valence-electron chi connectivity index (χ2n) is 2.85. The average Bonchev–Trinajstić information content (AvgIpc) is 1.83. The van der Waals surface area contributed by atoms with Crippen molar-refractivity contribution in [2.45, 2.75) is 13.3 Å². The molecule has 66 valence electrons. The number of esters is 1. The summed E-state index contributed by atoms with van der Waals surface area (Å²) in [5, 5.41) is 0. The van der Waals surface area contributed by atoms with Gasteiger partial charge in [-0.1, -0.05) is 0 Å². The van der Waals surface area contributed by atoms with Gasteiger partial charge in [0.05, 0.1) is 20.2 Å². The second kappa shape index (κ2) is 4.55. The van der Waals surface area contributed by atoms with Crippen molar-refractivity contribution < 1.29 is 14.1 Å². The number of carbonyl (C=O) groups is 1. The van der Waals surface area contributed by atoms with Crippen LogP contribution in [0.1, 0.15) is 13.3 Å². The first-order valence-electron chi connectivity index (χ1n) is 3.65. The van der Waals surface area contributed by atoms with Crippen molar-refractivity contribution >= 4 is 13.1 Å². The van der Waals surface area contributed by atoms with Crippen molar-refractivity contribution in [1.82, 2.24) is 0 Å². The molecular weight excluding hydrogens is 163 g/mol. The van der Waals surface area contributed by atoms with E-state index in [1.165, 1.54) is 0 Å². The zero-order chi connectivity index (χ0) is 8.91. The van der Waals surface area contributed by atoms with E-state index in [2.05, 4.69) is 4.74 Å². The molecule has 0 spiro atoms. The molecule has 0 fully saturated rings. The highest BCUT2D eigenvalue weighted by atomic mass is 31.2. The third-order valence-electron chi connectivity index (χ3n) is 1.16. The topological polar surface area (TPSA) is 43.4 Å². The van der Waals surface area contributed by atoms with Gasteiger partial charge < -0.3 is 9.30 Å². The fraction of sp³-hybridized carbons (Fsp3) is 0.857. The maximum atomic E-state index is 11.1. The van der Waals surface area contributed by atoms with Crippen molar-refractivity contribution in [2.24, 2.45) is 0 Å². The van der Waals surface area contributed by atoms with Gasteiger partial charge in [0.15, 0.2) is 0 Å². The van der Waals surface area contributed by atoms with Crippen molar-refractivity contribution in [3.05, 3.63) is 0 Å². The largest absolute Gasteiger partial charge is 0.466 e. The molecule has 0 aromatic carbocycles. The van der Waals surface area contributed by atoms with E-state index in [-0.39, 0.29) is 12.4 Å². The molecule has 0 N–H and O–H groups in total. The van der Waals surface area contributed by atoms with E-state index in [9.17, 15) is 9.36 Å². The summed E-state index contributed by atoms with van der Waals surface area (Å²) in [6.07, 6.45) is 0.726. The minimum Gasteiger partial charge on any atom is -0.466 e. The maximum Gasteiger partial charge on any atom is 0.306 e. The lowest BCUT2D eigenvalue weighted by atomic mass is 10.5. The van der Waals surface area contributed by atoms with E-state index < -0.39 is 7.14 Å². The molecule has 4 heteroatoms. The Hall–Kier alpha value is -0.300. The second-order valence-corrected chi connectivity index (χ2v) is 6.45. The standard InChI is InChI=1S/C7H15O3P/c1-4-10-7(8)5-6-11(2,3)9/h4-6H2,1-3H3. The van der Waals surface area contributed by atoms with Crippen molar-refractivity contribution in [3.63, 3.8) is 0 Å². The Morgan fingerprint density at radius 1 is 1.45 bits per heavy atom. The summed E-state index contributed by atoms with van der Waals surface area (Å²) in [6.45, 7) is 5.50. The molecule has 0 rings (SSSR count). The van der Waals surface area contributed by atoms with E-state index in [1.807, 2.05) is 0 Å². The highest BCUT2D eigenvalue weighted by Crippen LogP contribution is 2.36. The van der Waals surface area contributed by atoms with E-state index in [0.29, 0.717) is 12.8 Å². The van der Waals surface area contributed by atoms with Gasteiger partial charge in [-0.2, -0.15) is 0 Å². The van der Waals surface area contributed by atoms with Crippen LogP contribution in [0.2, 0.25) is 0 Å². The van der Waals surface area contributed by atoms with Gasteiger partial charge in [0.25, 0.3) is 0 Å². The zero-order valence-electron chi connectivity index (χ0n) is 7.29. The Labute approximate surface area is 67.5 Å². The fourth-order valence-electron chi connectivity index (χ4n) is 0.594. The van der Waals surface area contributed by atoms with Gasteiger partial charge in [-0.05, 0) is 20.3 Å². The first-order valence-corrected chi connectivity index (χ1v) is 6.44. The summed E-state index contributed by atoms with van der Waals surface area (Å²) >= 11 is 0. The Morgan fingerprint density at radius 3 is 2.36 bits per heavy atom. The summed E-state index contributed by atoms with van der Waals surface area (Å²) in [6, 6.07) is 0. The number of carbonyl (C=O) groups excluding carboxylic acids is 1. The quantitative estimate of drug-likeness (QED) is 0.484. The summed E-state index contributed by atoms with van der Waals surface area (Å²) in [7, 11) is -2.04. The van der Waals surface area contributed by atoms with E-state index in [1.54, 1.807) is 20.3 Å². The molecule has 0 heterocycles. The lowest BCUT2D eigenvalue weighted by Crippen LogP contribution is -2.05. The van der Waals surface area contributed by atoms with Gasteiger partial charge in [-0.3, -0.25) is 4.79 Å². The van der Waals surface area contributed by atoms with Crippen molar-refractivity contribution in [3.8, 4) is 0 Å². The molecule has 0 saturated carbocycles. The molecule has 0 aromatic rings. The summed E-state index contributed by atoms with van der Waals surface area (Å²) in [5.41, 5.74) is 0. The molecule has 0 aromatic heterocycles. The lowest BCUT2D eigenvalue weighted by molar-refractivity contribution is -0.142. The van der Waals surface area contributed by atoms with Gasteiger partial charge in [0.1, 0.15) is 0 Å². The smallest absolute Gasteiger partial charge is 0.306 e. The Kier molecular flexibility index (Phi) is 4.43. The number of hydrogen-bond acceptors (Lipinski definition) is 3. The van der Waals surface area contributed by atoms with Crippen LogP contribution in [0.25, 0.3) is 0 Å². The predicted molar refractivity (Wildman–Crippen MR) is 45.6 cm³/mol. The molecule has 0 amide bonds. The molecule has 0 bridgehead atoms. The summed E-state index contributed by atoms with van der Waals surface area (Å²) < 4.78 is 15.8. The van der Waals surface area contributed by atoms with Gasteiger partial charge in [0.2, 0.25) is 0 Å². The number of ether oxygens (including phenoxy) is 1. The monoisotopic (exact) mass is 178 g/mol. The van der Waals surface area contributed by atoms with Crippen LogP contribution in [-0.4, -0.2) is 32.1 Å². The van der Waals surface area contributed by atoms with Gasteiger partial charge in [-0.25, -0.2) is 0 Å². The van der Waals surface area contributed by atoms with Crippen LogP contribution in [0, 0.1) is 0 Å². The molecule has 0 aliphatic rings. The maximum absolute atomic E-state index is 11.1. The van der Waals surface area contributed by atoms with E-state index >= 15 is 0 Å². The van der Waals surface area contributed by atoms with Crippen LogP contribution in [0.4, 0.5) is 0 Å². The van der Waals surface area contributed by atoms with Gasteiger partial charge in [0, 0.05) is 6.16 Å². The minimum absolute atomic E-state index is 0.253. The average molecular weight is 178 g/mol. The van der Waals surface area contributed by atoms with Crippen LogP contribution in [0.15, 0.2) is 0 Å². The molecule has 3 nitrogen and oxygen atoms in total. The highest BCUT2D eigenvalue weighted by Gasteiger charge is 2.10. The minimum atomic E-state index is -2.04. The zero-order valence-corrected chi connectivity index (χ0v) is 8.19. The predicted octanol–water partition coefficient (Wildman–Crippen LogP) is 1.56. The molecule has 11 heavy (non-hydrogen) atoms. The fourth-order valence-corrected chi connectivity index (χ4v) is 1.31. The highest BCUT2D eigenvalue weighted by molar-refractivity contribution is 7.62. The third kappa shape index (κ3) is 7.60. The van der Waals surface area contributed by atoms with E-state index in [4.69, 9.17) is 0 Å². The normalized spacial score (nSPS) is 11.2. The molecule has 0 unspecified atom stereocenters. The summed E-state index contributed by atoms with van der Waals surface area (Å²) in [4.78, 5) is 10.7. The van der Waals surface area contributed by atoms with Crippen LogP contribution < -0.4 is 0 Å². The lowest BCUT2D eigenvalue weighted by Gasteiger charge is -2.04. The van der Waals surface area contributed by atoms with Crippen LogP contribution in [-0.2, 0) is 14.1 Å². The summed E-state index contributed by atoms with van der Waals surface area (Å²) in [5.74, 6) is -0.253. The van der Waals surface area contributed by atoms with Crippen LogP contribution in [0.3, 0.4) is 0 Å².